The molecule has 0 spiro atoms. The summed E-state index contributed by atoms with van der Waals surface area (Å²) in [5, 5.41) is 15.8. The Morgan fingerprint density at radius 3 is 2.77 bits per heavy atom. The summed E-state index contributed by atoms with van der Waals surface area (Å²) in [7, 11) is 0. The van der Waals surface area contributed by atoms with Crippen LogP contribution < -0.4 is 10.6 Å². The van der Waals surface area contributed by atoms with E-state index in [1.54, 1.807) is 11.3 Å². The molecule has 1 amide bonds. The van der Waals surface area contributed by atoms with Crippen molar-refractivity contribution in [1.82, 2.24) is 20.8 Å². The number of rotatable bonds is 3. The van der Waals surface area contributed by atoms with Crippen LogP contribution in [0.2, 0.25) is 0 Å². The van der Waals surface area contributed by atoms with Gasteiger partial charge in [-0.2, -0.15) is 5.10 Å². The molecule has 2 saturated heterocycles. The minimum Gasteiger partial charge on any atom is -0.348 e. The van der Waals surface area contributed by atoms with Gasteiger partial charge in [0.15, 0.2) is 5.69 Å². The number of aromatic amines is 1. The number of halogens is 1. The van der Waals surface area contributed by atoms with Gasteiger partial charge in [-0.1, -0.05) is 6.07 Å². The maximum absolute atomic E-state index is 12.3. The van der Waals surface area contributed by atoms with Crippen molar-refractivity contribution in [3.63, 3.8) is 0 Å². The summed E-state index contributed by atoms with van der Waals surface area (Å²) in [5.74, 6) is -0.0691. The van der Waals surface area contributed by atoms with Gasteiger partial charge in [-0.05, 0) is 43.2 Å². The van der Waals surface area contributed by atoms with Crippen LogP contribution in [0, 0.1) is 0 Å². The van der Waals surface area contributed by atoms with Crippen LogP contribution in [-0.4, -0.2) is 34.2 Å². The highest BCUT2D eigenvalue weighted by Gasteiger charge is 2.34. The average molecular weight is 339 g/mol. The smallest absolute Gasteiger partial charge is 0.272 e. The van der Waals surface area contributed by atoms with E-state index in [2.05, 4.69) is 20.8 Å². The highest BCUT2D eigenvalue weighted by atomic mass is 35.5. The maximum atomic E-state index is 12.3. The third-order valence-corrected chi connectivity index (χ3v) is 5.31. The molecule has 0 aliphatic carbocycles. The van der Waals surface area contributed by atoms with Crippen LogP contribution >= 0.6 is 23.7 Å². The van der Waals surface area contributed by atoms with E-state index >= 15 is 0 Å². The molecular weight excluding hydrogens is 320 g/mol. The first-order chi connectivity index (χ1) is 10.3. The number of hydrogen-bond acceptors (Lipinski definition) is 4. The van der Waals surface area contributed by atoms with E-state index in [1.165, 1.54) is 12.8 Å². The first-order valence-electron chi connectivity index (χ1n) is 7.44. The third-order valence-electron chi connectivity index (χ3n) is 4.41. The summed E-state index contributed by atoms with van der Waals surface area (Å²) < 4.78 is 0. The van der Waals surface area contributed by atoms with Crippen LogP contribution in [0.3, 0.4) is 0 Å². The van der Waals surface area contributed by atoms with E-state index in [0.29, 0.717) is 17.8 Å². The number of thiophene rings is 1. The third kappa shape index (κ3) is 3.04. The first kappa shape index (κ1) is 15.5. The van der Waals surface area contributed by atoms with E-state index in [4.69, 9.17) is 0 Å². The molecule has 7 heteroatoms. The summed E-state index contributed by atoms with van der Waals surface area (Å²) in [6.45, 7) is 0. The molecule has 4 heterocycles. The van der Waals surface area contributed by atoms with Gasteiger partial charge >= 0.3 is 0 Å². The van der Waals surface area contributed by atoms with E-state index in [0.717, 1.165) is 23.4 Å². The lowest BCUT2D eigenvalue weighted by atomic mass is 10.00. The van der Waals surface area contributed by atoms with Crippen LogP contribution in [-0.2, 0) is 0 Å². The standard InChI is InChI=1S/C15H18N4OS.ClH/c20-15(17-11-6-9-3-4-10(7-11)16-9)13-8-12(18-19-13)14-2-1-5-21-14;/h1-2,5,8-11,16H,3-4,6-7H2,(H,17,20)(H,18,19);1H. The summed E-state index contributed by atoms with van der Waals surface area (Å²) in [6, 6.07) is 7.27. The number of nitrogens with one attached hydrogen (secondary N) is 3. The van der Waals surface area contributed by atoms with E-state index in [-0.39, 0.29) is 24.4 Å². The van der Waals surface area contributed by atoms with Crippen LogP contribution in [0.5, 0.6) is 0 Å². The van der Waals surface area contributed by atoms with Crippen LogP contribution in [0.15, 0.2) is 23.6 Å². The summed E-state index contributed by atoms with van der Waals surface area (Å²) in [6.07, 6.45) is 4.54. The zero-order chi connectivity index (χ0) is 14.2. The summed E-state index contributed by atoms with van der Waals surface area (Å²) >= 11 is 1.63. The number of H-pyrrole nitrogens is 1. The van der Waals surface area contributed by atoms with Crippen molar-refractivity contribution in [1.29, 1.82) is 0 Å². The molecule has 3 N–H and O–H groups in total. The number of aromatic nitrogens is 2. The van der Waals surface area contributed by atoms with Crippen molar-refractivity contribution in [3.8, 4) is 10.6 Å². The minimum atomic E-state index is -0.0691. The molecule has 0 aromatic carbocycles. The molecule has 5 nitrogen and oxygen atoms in total. The fraction of sp³-hybridized carbons (Fsp3) is 0.467. The van der Waals surface area contributed by atoms with Crippen LogP contribution in [0.25, 0.3) is 10.6 Å². The SMILES string of the molecule is Cl.O=C(NC1CC2CCC(C1)N2)c1cc(-c2cccs2)[nH]n1. The number of amides is 1. The molecule has 22 heavy (non-hydrogen) atoms. The van der Waals surface area contributed by atoms with Crippen LogP contribution in [0.1, 0.15) is 36.2 Å². The molecule has 0 radical (unpaired) electrons. The zero-order valence-corrected chi connectivity index (χ0v) is 13.7. The molecule has 2 aromatic heterocycles. The second-order valence-electron chi connectivity index (χ2n) is 5.92. The number of nitrogens with zero attached hydrogens (tertiary/aromatic N) is 1. The molecule has 2 unspecified atom stereocenters. The lowest BCUT2D eigenvalue weighted by molar-refractivity contribution is 0.0919. The number of carbonyl (C=O) groups is 1. The Labute approximate surface area is 139 Å². The number of piperidine rings is 1. The average Bonchev–Trinajstić information content (AvgIpc) is 3.18. The van der Waals surface area contributed by atoms with E-state index < -0.39 is 0 Å². The molecule has 2 fully saturated rings. The monoisotopic (exact) mass is 338 g/mol. The lowest BCUT2D eigenvalue weighted by Crippen LogP contribution is -2.48. The number of fused-ring (bicyclic) bond motifs is 2. The van der Waals surface area contributed by atoms with Crippen LogP contribution in [0.4, 0.5) is 0 Å². The molecule has 118 valence electrons. The molecule has 2 aliphatic heterocycles. The summed E-state index contributed by atoms with van der Waals surface area (Å²) in [5.41, 5.74) is 1.38. The Bertz CT molecular complexity index is 630. The largest absolute Gasteiger partial charge is 0.348 e. The fourth-order valence-electron chi connectivity index (χ4n) is 3.43. The minimum absolute atomic E-state index is 0. The van der Waals surface area contributed by atoms with Crippen molar-refractivity contribution in [3.05, 3.63) is 29.3 Å². The van der Waals surface area contributed by atoms with Gasteiger partial charge in [-0.3, -0.25) is 9.89 Å². The quantitative estimate of drug-likeness (QED) is 0.805. The van der Waals surface area contributed by atoms with Gasteiger partial charge in [0.2, 0.25) is 0 Å². The Morgan fingerprint density at radius 2 is 2.09 bits per heavy atom. The predicted octanol–water partition coefficient (Wildman–Crippen LogP) is 2.57. The molecule has 0 saturated carbocycles. The Hall–Kier alpha value is -1.37. The van der Waals surface area contributed by atoms with Crippen molar-refractivity contribution in [2.45, 2.75) is 43.8 Å². The van der Waals surface area contributed by atoms with Crippen molar-refractivity contribution >= 4 is 29.7 Å². The maximum Gasteiger partial charge on any atom is 0.272 e. The molecule has 2 bridgehead atoms. The molecule has 2 aliphatic rings. The fourth-order valence-corrected chi connectivity index (χ4v) is 4.12. The first-order valence-corrected chi connectivity index (χ1v) is 8.32. The molecular formula is C15H19ClN4OS. The lowest BCUT2D eigenvalue weighted by Gasteiger charge is -2.29. The highest BCUT2D eigenvalue weighted by Crippen LogP contribution is 2.27. The second kappa shape index (κ2) is 6.40. The Morgan fingerprint density at radius 1 is 1.32 bits per heavy atom. The van der Waals surface area contributed by atoms with Gasteiger partial charge < -0.3 is 10.6 Å². The predicted molar refractivity (Wildman–Crippen MR) is 89.6 cm³/mol. The van der Waals surface area contributed by atoms with E-state index in [1.807, 2.05) is 23.6 Å². The Balaban J connectivity index is 0.00000144. The van der Waals surface area contributed by atoms with E-state index in [9.17, 15) is 4.79 Å². The van der Waals surface area contributed by atoms with Crippen molar-refractivity contribution in [2.24, 2.45) is 0 Å². The summed E-state index contributed by atoms with van der Waals surface area (Å²) in [4.78, 5) is 13.4. The van der Waals surface area contributed by atoms with Crippen molar-refractivity contribution < 1.29 is 4.79 Å². The van der Waals surface area contributed by atoms with Crippen molar-refractivity contribution in [2.75, 3.05) is 0 Å². The zero-order valence-electron chi connectivity index (χ0n) is 12.0. The van der Waals surface area contributed by atoms with Gasteiger partial charge in [0.1, 0.15) is 0 Å². The number of hydrogen-bond donors (Lipinski definition) is 3. The topological polar surface area (TPSA) is 69.8 Å². The molecule has 2 atom stereocenters. The normalized spacial score (nSPS) is 26.5. The van der Waals surface area contributed by atoms with Gasteiger partial charge in [0, 0.05) is 18.1 Å². The Kier molecular flexibility index (Phi) is 4.52. The van der Waals surface area contributed by atoms with Gasteiger partial charge in [0.05, 0.1) is 10.6 Å². The highest BCUT2D eigenvalue weighted by molar-refractivity contribution is 7.13. The van der Waals surface area contributed by atoms with Gasteiger partial charge in [-0.15, -0.1) is 23.7 Å². The van der Waals surface area contributed by atoms with Gasteiger partial charge in [0.25, 0.3) is 5.91 Å². The molecule has 2 aromatic rings. The number of carbonyl (C=O) groups excluding carboxylic acids is 1. The molecule has 4 rings (SSSR count). The second-order valence-corrected chi connectivity index (χ2v) is 6.87. The van der Waals surface area contributed by atoms with Gasteiger partial charge in [-0.25, -0.2) is 0 Å².